The summed E-state index contributed by atoms with van der Waals surface area (Å²) in [5, 5.41) is 8.08. The molecule has 0 N–H and O–H groups in total. The van der Waals surface area contributed by atoms with Crippen LogP contribution in [0.5, 0.6) is 0 Å². The Morgan fingerprint density at radius 2 is 1.71 bits per heavy atom. The van der Waals surface area contributed by atoms with Gasteiger partial charge in [-0.1, -0.05) is 23.8 Å². The molecule has 1 unspecified atom stereocenters. The van der Waals surface area contributed by atoms with Crippen LogP contribution in [-0.2, 0) is 19.6 Å². The number of hydrogen-bond donors (Lipinski definition) is 0. The summed E-state index contributed by atoms with van der Waals surface area (Å²) >= 11 is 0. The largest absolute Gasteiger partial charge is 0.452 e. The van der Waals surface area contributed by atoms with E-state index in [-0.39, 0.29) is 35.8 Å². The van der Waals surface area contributed by atoms with Crippen molar-refractivity contribution in [1.82, 2.24) is 14.5 Å². The topological polar surface area (TPSA) is 103 Å². The summed E-state index contributed by atoms with van der Waals surface area (Å²) in [6, 6.07) is 12.8. The third-order valence-corrected chi connectivity index (χ3v) is 8.18. The van der Waals surface area contributed by atoms with E-state index in [1.165, 1.54) is 4.31 Å². The van der Waals surface area contributed by atoms with E-state index in [0.29, 0.717) is 18.7 Å². The molecule has 0 amide bonds. The van der Waals surface area contributed by atoms with Gasteiger partial charge in [0.25, 0.3) is 5.89 Å². The van der Waals surface area contributed by atoms with E-state index in [1.807, 2.05) is 51.1 Å². The minimum atomic E-state index is -3.59. The quantitative estimate of drug-likeness (QED) is 0.480. The highest BCUT2D eigenvalue weighted by Gasteiger charge is 2.34. The van der Waals surface area contributed by atoms with Gasteiger partial charge in [0.15, 0.2) is 6.10 Å². The number of ether oxygens (including phenoxy) is 1. The lowest BCUT2D eigenvalue weighted by atomic mass is 9.98. The van der Waals surface area contributed by atoms with E-state index >= 15 is 0 Å². The van der Waals surface area contributed by atoms with Crippen LogP contribution in [0.3, 0.4) is 0 Å². The highest BCUT2D eigenvalue weighted by atomic mass is 32.2. The number of rotatable bonds is 6. The standard InChI is InChI=1S/C25H29N3O5S/c1-16-5-8-20(9-6-16)24-27-26-23(33-24)19(4)32-25(29)21-11-13-28(14-12-21)34(30,31)22-10-7-17(2)18(3)15-22/h5-10,15,19,21H,11-14H2,1-4H3. The first-order chi connectivity index (χ1) is 16.1. The summed E-state index contributed by atoms with van der Waals surface area (Å²) in [7, 11) is -3.59. The van der Waals surface area contributed by atoms with Crippen LogP contribution in [0.15, 0.2) is 51.8 Å². The average Bonchev–Trinajstić information content (AvgIpc) is 3.32. The van der Waals surface area contributed by atoms with Crippen molar-refractivity contribution >= 4 is 16.0 Å². The Kier molecular flexibility index (Phi) is 6.86. The molecule has 0 aliphatic carbocycles. The summed E-state index contributed by atoms with van der Waals surface area (Å²) in [6.07, 6.45) is 0.0961. The van der Waals surface area contributed by atoms with Crippen LogP contribution < -0.4 is 0 Å². The third kappa shape index (κ3) is 5.05. The van der Waals surface area contributed by atoms with Crippen LogP contribution in [-0.4, -0.2) is 42.0 Å². The van der Waals surface area contributed by atoms with Crippen LogP contribution in [0.1, 0.15) is 48.5 Å². The molecule has 8 nitrogen and oxygen atoms in total. The van der Waals surface area contributed by atoms with E-state index in [2.05, 4.69) is 10.2 Å². The third-order valence-electron chi connectivity index (χ3n) is 6.28. The summed E-state index contributed by atoms with van der Waals surface area (Å²) in [5.41, 5.74) is 3.89. The number of sulfonamides is 1. The summed E-state index contributed by atoms with van der Waals surface area (Å²) < 4.78 is 38.7. The highest BCUT2D eigenvalue weighted by molar-refractivity contribution is 7.89. The maximum atomic E-state index is 13.0. The Labute approximate surface area is 200 Å². The molecule has 1 aromatic heterocycles. The van der Waals surface area contributed by atoms with Crippen molar-refractivity contribution < 1.29 is 22.4 Å². The second kappa shape index (κ2) is 9.68. The van der Waals surface area contributed by atoms with E-state index in [0.717, 1.165) is 22.3 Å². The van der Waals surface area contributed by atoms with Crippen LogP contribution in [0.25, 0.3) is 11.5 Å². The normalized spacial score (nSPS) is 16.4. The molecule has 9 heteroatoms. The van der Waals surface area contributed by atoms with Gasteiger partial charge in [0.05, 0.1) is 10.8 Å². The van der Waals surface area contributed by atoms with Gasteiger partial charge in [-0.05, 0) is 75.9 Å². The van der Waals surface area contributed by atoms with Crippen molar-refractivity contribution in [2.24, 2.45) is 5.92 Å². The smallest absolute Gasteiger partial charge is 0.309 e. The van der Waals surface area contributed by atoms with Crippen molar-refractivity contribution in [2.45, 2.75) is 51.5 Å². The molecule has 0 bridgehead atoms. The van der Waals surface area contributed by atoms with Gasteiger partial charge >= 0.3 is 5.97 Å². The SMILES string of the molecule is Cc1ccc(-c2nnc(C(C)OC(=O)C3CCN(S(=O)(=O)c4ccc(C)c(C)c4)CC3)o2)cc1. The van der Waals surface area contributed by atoms with Crippen LogP contribution in [0.4, 0.5) is 0 Å². The predicted octanol–water partition coefficient (Wildman–Crippen LogP) is 4.37. The van der Waals surface area contributed by atoms with Crippen LogP contribution in [0.2, 0.25) is 0 Å². The number of carbonyl (C=O) groups is 1. The van der Waals surface area contributed by atoms with Crippen molar-refractivity contribution in [3.63, 3.8) is 0 Å². The second-order valence-electron chi connectivity index (χ2n) is 8.82. The Hall–Kier alpha value is -3.04. The minimum Gasteiger partial charge on any atom is -0.452 e. The molecule has 2 heterocycles. The van der Waals surface area contributed by atoms with Gasteiger partial charge in [0.2, 0.25) is 15.9 Å². The highest BCUT2D eigenvalue weighted by Crippen LogP contribution is 2.28. The number of hydrogen-bond acceptors (Lipinski definition) is 7. The molecule has 1 aliphatic rings. The molecule has 0 spiro atoms. The number of esters is 1. The fourth-order valence-electron chi connectivity index (χ4n) is 3.89. The van der Waals surface area contributed by atoms with Gasteiger partial charge in [0.1, 0.15) is 0 Å². The van der Waals surface area contributed by atoms with Crippen molar-refractivity contribution in [3.05, 3.63) is 65.0 Å². The van der Waals surface area contributed by atoms with Gasteiger partial charge in [-0.25, -0.2) is 8.42 Å². The molecule has 0 radical (unpaired) electrons. The van der Waals surface area contributed by atoms with Crippen molar-refractivity contribution in [3.8, 4) is 11.5 Å². The number of piperidine rings is 1. The van der Waals surface area contributed by atoms with Crippen LogP contribution >= 0.6 is 0 Å². The molecule has 34 heavy (non-hydrogen) atoms. The zero-order chi connectivity index (χ0) is 24.5. The van der Waals surface area contributed by atoms with Crippen molar-refractivity contribution in [1.29, 1.82) is 0 Å². The Balaban J connectivity index is 1.34. The first kappa shape index (κ1) is 24.1. The number of aryl methyl sites for hydroxylation is 3. The summed E-state index contributed by atoms with van der Waals surface area (Å²) in [4.78, 5) is 13.0. The first-order valence-corrected chi connectivity index (χ1v) is 12.8. The monoisotopic (exact) mass is 483 g/mol. The van der Waals surface area contributed by atoms with E-state index < -0.39 is 16.1 Å². The molecule has 3 aromatic rings. The molecule has 1 fully saturated rings. The van der Waals surface area contributed by atoms with Gasteiger partial charge in [-0.15, -0.1) is 10.2 Å². The number of aromatic nitrogens is 2. The fourth-order valence-corrected chi connectivity index (χ4v) is 5.44. The number of nitrogens with zero attached hydrogens (tertiary/aromatic N) is 3. The zero-order valence-electron chi connectivity index (χ0n) is 19.8. The predicted molar refractivity (Wildman–Crippen MR) is 126 cm³/mol. The van der Waals surface area contributed by atoms with E-state index in [4.69, 9.17) is 9.15 Å². The molecule has 0 saturated carbocycles. The second-order valence-corrected chi connectivity index (χ2v) is 10.8. The fraction of sp³-hybridized carbons (Fsp3) is 0.400. The molecular weight excluding hydrogens is 454 g/mol. The Morgan fingerprint density at radius 3 is 2.35 bits per heavy atom. The lowest BCUT2D eigenvalue weighted by molar-refractivity contribution is -0.156. The molecule has 1 aliphatic heterocycles. The molecule has 4 rings (SSSR count). The van der Waals surface area contributed by atoms with Crippen molar-refractivity contribution in [2.75, 3.05) is 13.1 Å². The van der Waals surface area contributed by atoms with E-state index in [1.54, 1.807) is 19.1 Å². The Morgan fingerprint density at radius 1 is 1.03 bits per heavy atom. The van der Waals surface area contributed by atoms with Crippen LogP contribution in [0, 0.1) is 26.7 Å². The summed E-state index contributed by atoms with van der Waals surface area (Å²) in [6.45, 7) is 8.05. The molecular formula is C25H29N3O5S. The number of benzene rings is 2. The van der Waals surface area contributed by atoms with Gasteiger partial charge in [0, 0.05) is 18.7 Å². The lowest BCUT2D eigenvalue weighted by Crippen LogP contribution is -2.40. The minimum absolute atomic E-state index is 0.221. The molecule has 1 atom stereocenters. The molecule has 180 valence electrons. The lowest BCUT2D eigenvalue weighted by Gasteiger charge is -2.30. The molecule has 1 saturated heterocycles. The maximum absolute atomic E-state index is 13.0. The van der Waals surface area contributed by atoms with E-state index in [9.17, 15) is 13.2 Å². The Bertz CT molecular complexity index is 1280. The number of carbonyl (C=O) groups excluding carboxylic acids is 1. The van der Waals surface area contributed by atoms with Gasteiger partial charge in [-0.3, -0.25) is 4.79 Å². The maximum Gasteiger partial charge on any atom is 0.309 e. The summed E-state index contributed by atoms with van der Waals surface area (Å²) in [5.74, 6) is -0.180. The molecule has 2 aromatic carbocycles. The average molecular weight is 484 g/mol. The van der Waals surface area contributed by atoms with Gasteiger partial charge < -0.3 is 9.15 Å². The first-order valence-electron chi connectivity index (χ1n) is 11.3. The zero-order valence-corrected chi connectivity index (χ0v) is 20.6. The van der Waals surface area contributed by atoms with Gasteiger partial charge in [-0.2, -0.15) is 4.31 Å².